The Hall–Kier alpha value is -0.580. The number of hydrogen-bond donors (Lipinski definition) is 1. The van der Waals surface area contributed by atoms with Gasteiger partial charge >= 0.3 is 0 Å². The third-order valence-electron chi connectivity index (χ3n) is 6.51. The van der Waals surface area contributed by atoms with Gasteiger partial charge in [-0.15, -0.1) is 0 Å². The molecule has 0 aliphatic heterocycles. The minimum Gasteiger partial charge on any atom is -1.00 e. The van der Waals surface area contributed by atoms with Crippen molar-refractivity contribution >= 4 is 0 Å². The van der Waals surface area contributed by atoms with Gasteiger partial charge in [-0.1, -0.05) is 109 Å². The lowest BCUT2D eigenvalue weighted by molar-refractivity contribution is -0.919. The van der Waals surface area contributed by atoms with E-state index in [1.54, 1.807) is 0 Å². The molecule has 0 spiro atoms. The monoisotopic (exact) mass is 527 g/mol. The summed E-state index contributed by atoms with van der Waals surface area (Å²) in [5.74, 6) is 0.847. The average molecular weight is 529 g/mol. The highest BCUT2D eigenvalue weighted by Gasteiger charge is 2.32. The van der Waals surface area contributed by atoms with Crippen LogP contribution in [0.2, 0.25) is 0 Å². The second-order valence-electron chi connectivity index (χ2n) is 10.6. The molecular weight excluding hydrogens is 474 g/mol. The molecule has 0 saturated carbocycles. The van der Waals surface area contributed by atoms with Crippen molar-refractivity contribution in [1.29, 1.82) is 0 Å². The minimum absolute atomic E-state index is 0. The van der Waals surface area contributed by atoms with E-state index in [2.05, 4.69) is 52.3 Å². The minimum atomic E-state index is -0.467. The van der Waals surface area contributed by atoms with E-state index in [1.165, 1.54) is 95.5 Å². The average Bonchev–Trinajstić information content (AvgIpc) is 2.77. The van der Waals surface area contributed by atoms with E-state index < -0.39 is 6.10 Å². The van der Waals surface area contributed by atoms with Gasteiger partial charge in [-0.05, 0) is 37.0 Å². The fraction of sp³-hybridized carbons (Fsp3) is 0.793. The van der Waals surface area contributed by atoms with Gasteiger partial charge in [-0.3, -0.25) is 4.48 Å². The third-order valence-corrected chi connectivity index (χ3v) is 6.51. The first-order valence-electron chi connectivity index (χ1n) is 13.6. The van der Waals surface area contributed by atoms with Crippen LogP contribution < -0.4 is 21.7 Å². The number of halogens is 1. The summed E-state index contributed by atoms with van der Waals surface area (Å²) in [5, 5.41) is 10.3. The van der Waals surface area contributed by atoms with Gasteiger partial charge in [0.25, 0.3) is 6.23 Å². The van der Waals surface area contributed by atoms with Crippen molar-refractivity contribution in [3.05, 3.63) is 29.8 Å². The first-order chi connectivity index (χ1) is 15.4. The lowest BCUT2D eigenvalue weighted by Gasteiger charge is -2.36. The second kappa shape index (κ2) is 19.7. The van der Waals surface area contributed by atoms with E-state index in [0.717, 1.165) is 12.2 Å². The predicted molar refractivity (Wildman–Crippen MR) is 139 cm³/mol. The Labute approximate surface area is 216 Å². The van der Waals surface area contributed by atoms with Crippen LogP contribution in [0.25, 0.3) is 0 Å². The summed E-state index contributed by atoms with van der Waals surface area (Å²) >= 11 is 0. The van der Waals surface area contributed by atoms with Gasteiger partial charge in [0, 0.05) is 0 Å². The van der Waals surface area contributed by atoms with E-state index >= 15 is 0 Å². The fourth-order valence-electron chi connectivity index (χ4n) is 4.35. The standard InChI is InChI=1S/C29H54NO2.BrH/c1-6-8-9-10-11-12-13-14-15-16-17-18-19-20-21-26-22-24-27(25-23-26)32-29(28(31)7-2)30(3,4)5;/h22-25,28-29,31H,6-21H2,1-5H3;1H/q+1;/p-1. The molecule has 1 rings (SSSR count). The number of rotatable bonds is 20. The van der Waals surface area contributed by atoms with Crippen molar-refractivity contribution in [1.82, 2.24) is 0 Å². The van der Waals surface area contributed by atoms with E-state index in [-0.39, 0.29) is 23.2 Å². The quantitative estimate of drug-likeness (QED) is 0.148. The molecule has 2 unspecified atom stereocenters. The largest absolute Gasteiger partial charge is 1.00 e. The maximum Gasteiger partial charge on any atom is 0.259 e. The van der Waals surface area contributed by atoms with Crippen molar-refractivity contribution in [3.8, 4) is 5.75 Å². The smallest absolute Gasteiger partial charge is 0.259 e. The molecule has 0 aromatic heterocycles. The van der Waals surface area contributed by atoms with Gasteiger partial charge in [0.2, 0.25) is 0 Å². The molecule has 1 N–H and O–H groups in total. The second-order valence-corrected chi connectivity index (χ2v) is 10.6. The Morgan fingerprint density at radius 1 is 0.697 bits per heavy atom. The van der Waals surface area contributed by atoms with E-state index in [0.29, 0.717) is 10.9 Å². The molecule has 0 bridgehead atoms. The van der Waals surface area contributed by atoms with Gasteiger partial charge < -0.3 is 26.8 Å². The van der Waals surface area contributed by atoms with Crippen molar-refractivity contribution in [2.75, 3.05) is 21.1 Å². The topological polar surface area (TPSA) is 29.5 Å². The summed E-state index contributed by atoms with van der Waals surface area (Å²) in [4.78, 5) is 0. The van der Waals surface area contributed by atoms with Gasteiger partial charge in [-0.25, -0.2) is 0 Å². The van der Waals surface area contributed by atoms with E-state index in [1.807, 2.05) is 6.92 Å². The zero-order valence-electron chi connectivity index (χ0n) is 22.5. The third kappa shape index (κ3) is 15.9. The molecule has 194 valence electrons. The van der Waals surface area contributed by atoms with Crippen molar-refractivity contribution in [2.24, 2.45) is 0 Å². The number of quaternary nitrogens is 1. The SMILES string of the molecule is CCCCCCCCCCCCCCCCc1ccc(OC(C(O)CC)[N+](C)(C)C)cc1.[Br-]. The summed E-state index contributed by atoms with van der Waals surface area (Å²) in [6.07, 6.45) is 20.8. The summed E-state index contributed by atoms with van der Waals surface area (Å²) in [6.45, 7) is 4.28. The number of ether oxygens (including phenoxy) is 1. The lowest BCUT2D eigenvalue weighted by atomic mass is 10.0. The highest BCUT2D eigenvalue weighted by Crippen LogP contribution is 2.21. The number of aliphatic hydroxyl groups is 1. The Morgan fingerprint density at radius 3 is 1.52 bits per heavy atom. The highest BCUT2D eigenvalue weighted by molar-refractivity contribution is 5.27. The highest BCUT2D eigenvalue weighted by atomic mass is 79.9. The fourth-order valence-corrected chi connectivity index (χ4v) is 4.35. The number of unbranched alkanes of at least 4 members (excludes halogenated alkanes) is 13. The van der Waals surface area contributed by atoms with Crippen LogP contribution in [-0.4, -0.2) is 43.1 Å². The molecule has 1 aromatic carbocycles. The van der Waals surface area contributed by atoms with Crippen LogP contribution in [0, 0.1) is 0 Å². The maximum atomic E-state index is 10.3. The molecule has 0 fully saturated rings. The van der Waals surface area contributed by atoms with Crippen LogP contribution in [0.5, 0.6) is 5.75 Å². The molecular formula is C29H54BrNO2. The van der Waals surface area contributed by atoms with Crippen LogP contribution in [0.4, 0.5) is 0 Å². The Kier molecular flexibility index (Phi) is 19.4. The number of benzene rings is 1. The zero-order chi connectivity index (χ0) is 23.7. The molecule has 4 heteroatoms. The summed E-state index contributed by atoms with van der Waals surface area (Å²) in [5.41, 5.74) is 1.38. The predicted octanol–water partition coefficient (Wildman–Crippen LogP) is 4.90. The molecule has 0 heterocycles. The Balaban J connectivity index is 0.0000102. The van der Waals surface area contributed by atoms with Crippen molar-refractivity contribution < 1.29 is 31.3 Å². The van der Waals surface area contributed by atoms with Crippen LogP contribution in [0.1, 0.15) is 116 Å². The molecule has 33 heavy (non-hydrogen) atoms. The van der Waals surface area contributed by atoms with Crippen LogP contribution in [-0.2, 0) is 6.42 Å². The molecule has 0 radical (unpaired) electrons. The normalized spacial score (nSPS) is 13.4. The lowest BCUT2D eigenvalue weighted by Crippen LogP contribution is -3.00. The first-order valence-corrected chi connectivity index (χ1v) is 13.6. The zero-order valence-corrected chi connectivity index (χ0v) is 24.0. The van der Waals surface area contributed by atoms with E-state index in [9.17, 15) is 5.11 Å². The molecule has 0 aliphatic rings. The van der Waals surface area contributed by atoms with Crippen LogP contribution >= 0.6 is 0 Å². The number of nitrogens with zero attached hydrogens (tertiary/aromatic N) is 1. The molecule has 0 saturated heterocycles. The molecule has 1 aromatic rings. The van der Waals surface area contributed by atoms with Crippen LogP contribution in [0.3, 0.4) is 0 Å². The van der Waals surface area contributed by atoms with Crippen molar-refractivity contribution in [3.63, 3.8) is 0 Å². The van der Waals surface area contributed by atoms with Gasteiger partial charge in [0.1, 0.15) is 11.9 Å². The Morgan fingerprint density at radius 2 is 1.12 bits per heavy atom. The van der Waals surface area contributed by atoms with Crippen molar-refractivity contribution in [2.45, 2.75) is 129 Å². The molecule has 2 atom stereocenters. The first kappa shape index (κ1) is 32.4. The maximum absolute atomic E-state index is 10.3. The summed E-state index contributed by atoms with van der Waals surface area (Å²) < 4.78 is 6.71. The summed E-state index contributed by atoms with van der Waals surface area (Å²) in [6, 6.07) is 8.49. The van der Waals surface area contributed by atoms with Gasteiger partial charge in [-0.2, -0.15) is 0 Å². The van der Waals surface area contributed by atoms with E-state index in [4.69, 9.17) is 4.74 Å². The Bertz CT molecular complexity index is 556. The number of hydrogen-bond acceptors (Lipinski definition) is 2. The van der Waals surface area contributed by atoms with Gasteiger partial charge in [0.05, 0.1) is 21.1 Å². The molecule has 3 nitrogen and oxygen atoms in total. The van der Waals surface area contributed by atoms with Crippen LogP contribution in [0.15, 0.2) is 24.3 Å². The molecule has 0 amide bonds. The number of likely N-dealkylation sites (N-methyl/N-ethyl adjacent to an activating group) is 1. The summed E-state index contributed by atoms with van der Waals surface area (Å²) in [7, 11) is 6.19. The molecule has 0 aliphatic carbocycles. The van der Waals surface area contributed by atoms with Gasteiger partial charge in [0.15, 0.2) is 0 Å². The number of aryl methyl sites for hydroxylation is 1. The number of aliphatic hydroxyl groups excluding tert-OH is 1.